The first-order valence-corrected chi connectivity index (χ1v) is 6.52. The second-order valence-corrected chi connectivity index (χ2v) is 4.16. The molecule has 0 radical (unpaired) electrons. The minimum atomic E-state index is -0.673. The summed E-state index contributed by atoms with van der Waals surface area (Å²) in [6, 6.07) is 5.31. The molecular weight excluding hydrogens is 262 g/mol. The number of benzene rings is 1. The maximum Gasteiger partial charge on any atom is 0.128 e. The summed E-state index contributed by atoms with van der Waals surface area (Å²) in [5.41, 5.74) is 0.706. The summed E-state index contributed by atoms with van der Waals surface area (Å²) in [6.45, 7) is 1.84. The average molecular weight is 285 g/mol. The van der Waals surface area contributed by atoms with Gasteiger partial charge in [-0.15, -0.1) is 0 Å². The van der Waals surface area contributed by atoms with Crippen molar-refractivity contribution in [1.29, 1.82) is 0 Å². The van der Waals surface area contributed by atoms with Crippen molar-refractivity contribution < 1.29 is 24.4 Å². The molecule has 0 aliphatic heterocycles. The van der Waals surface area contributed by atoms with Gasteiger partial charge in [0.15, 0.2) is 0 Å². The van der Waals surface area contributed by atoms with E-state index in [0.29, 0.717) is 43.4 Å². The number of hydrogen-bond donors (Lipinski definition) is 3. The van der Waals surface area contributed by atoms with Crippen LogP contribution in [-0.4, -0.2) is 57.3 Å². The fourth-order valence-electron chi connectivity index (χ4n) is 1.75. The van der Waals surface area contributed by atoms with Crippen molar-refractivity contribution in [3.05, 3.63) is 23.8 Å². The van der Waals surface area contributed by atoms with Crippen molar-refractivity contribution in [2.24, 2.45) is 0 Å². The van der Waals surface area contributed by atoms with E-state index in [2.05, 4.69) is 5.32 Å². The van der Waals surface area contributed by atoms with Gasteiger partial charge < -0.3 is 29.7 Å². The molecule has 0 amide bonds. The van der Waals surface area contributed by atoms with Crippen LogP contribution in [0.3, 0.4) is 0 Å². The minimum Gasteiger partial charge on any atom is -0.497 e. The molecule has 1 aromatic carbocycles. The Labute approximate surface area is 119 Å². The SMILES string of the molecule is COc1ccc(C(O)CNCCOCCO)c(OC)c1. The fourth-order valence-corrected chi connectivity index (χ4v) is 1.75. The Morgan fingerprint density at radius 1 is 1.20 bits per heavy atom. The van der Waals surface area contributed by atoms with E-state index in [4.69, 9.17) is 19.3 Å². The van der Waals surface area contributed by atoms with Gasteiger partial charge in [0.2, 0.25) is 0 Å². The topological polar surface area (TPSA) is 80.2 Å². The summed E-state index contributed by atoms with van der Waals surface area (Å²) in [5.74, 6) is 1.28. The van der Waals surface area contributed by atoms with Gasteiger partial charge in [-0.1, -0.05) is 0 Å². The predicted molar refractivity (Wildman–Crippen MR) is 75.3 cm³/mol. The van der Waals surface area contributed by atoms with E-state index in [-0.39, 0.29) is 6.61 Å². The smallest absolute Gasteiger partial charge is 0.128 e. The lowest BCUT2D eigenvalue weighted by Gasteiger charge is -2.16. The third-order valence-electron chi connectivity index (χ3n) is 2.80. The Hall–Kier alpha value is -1.34. The van der Waals surface area contributed by atoms with Crippen LogP contribution in [0.15, 0.2) is 18.2 Å². The summed E-state index contributed by atoms with van der Waals surface area (Å²) >= 11 is 0. The molecule has 0 bridgehead atoms. The molecule has 0 heterocycles. The molecule has 0 saturated heterocycles. The summed E-state index contributed by atoms with van der Waals surface area (Å²) in [7, 11) is 3.14. The van der Waals surface area contributed by atoms with Crippen molar-refractivity contribution in [3.8, 4) is 11.5 Å². The van der Waals surface area contributed by atoms with Crippen LogP contribution >= 0.6 is 0 Å². The Bertz CT molecular complexity index is 386. The molecule has 0 saturated carbocycles. The monoisotopic (exact) mass is 285 g/mol. The first kappa shape index (κ1) is 16.7. The minimum absolute atomic E-state index is 0.0195. The zero-order valence-electron chi connectivity index (χ0n) is 12.0. The molecule has 0 aliphatic rings. The van der Waals surface area contributed by atoms with Crippen LogP contribution in [0.1, 0.15) is 11.7 Å². The first-order chi connectivity index (χ1) is 9.72. The number of aliphatic hydroxyl groups excluding tert-OH is 2. The van der Waals surface area contributed by atoms with Crippen LogP contribution in [0.2, 0.25) is 0 Å². The molecule has 20 heavy (non-hydrogen) atoms. The van der Waals surface area contributed by atoms with Crippen LogP contribution < -0.4 is 14.8 Å². The van der Waals surface area contributed by atoms with Gasteiger partial charge in [0.05, 0.1) is 40.1 Å². The zero-order chi connectivity index (χ0) is 14.8. The Morgan fingerprint density at radius 3 is 2.65 bits per heavy atom. The number of methoxy groups -OCH3 is 2. The number of rotatable bonds is 10. The summed E-state index contributed by atoms with van der Waals surface area (Å²) < 4.78 is 15.5. The van der Waals surface area contributed by atoms with Crippen LogP contribution in [0.5, 0.6) is 11.5 Å². The highest BCUT2D eigenvalue weighted by molar-refractivity contribution is 5.42. The third kappa shape index (κ3) is 5.34. The standard InChI is InChI=1S/C14H23NO5/c1-18-11-3-4-12(14(9-11)19-2)13(17)10-15-5-7-20-8-6-16/h3-4,9,13,15-17H,5-8,10H2,1-2H3. The van der Waals surface area contributed by atoms with Crippen molar-refractivity contribution in [2.75, 3.05) is 47.1 Å². The van der Waals surface area contributed by atoms with Gasteiger partial charge in [-0.2, -0.15) is 0 Å². The first-order valence-electron chi connectivity index (χ1n) is 6.52. The maximum absolute atomic E-state index is 10.1. The molecule has 1 atom stereocenters. The molecule has 1 rings (SSSR count). The van der Waals surface area contributed by atoms with E-state index in [1.54, 1.807) is 32.4 Å². The third-order valence-corrected chi connectivity index (χ3v) is 2.80. The van der Waals surface area contributed by atoms with Crippen LogP contribution in [0.4, 0.5) is 0 Å². The number of hydrogen-bond acceptors (Lipinski definition) is 6. The second-order valence-electron chi connectivity index (χ2n) is 4.16. The molecule has 0 aliphatic carbocycles. The van der Waals surface area contributed by atoms with Crippen LogP contribution in [-0.2, 0) is 4.74 Å². The molecule has 1 unspecified atom stereocenters. The zero-order valence-corrected chi connectivity index (χ0v) is 12.0. The van der Waals surface area contributed by atoms with Crippen LogP contribution in [0, 0.1) is 0 Å². The van der Waals surface area contributed by atoms with E-state index in [9.17, 15) is 5.11 Å². The Morgan fingerprint density at radius 2 is 2.00 bits per heavy atom. The van der Waals surface area contributed by atoms with Crippen molar-refractivity contribution in [1.82, 2.24) is 5.32 Å². The van der Waals surface area contributed by atoms with Crippen molar-refractivity contribution in [2.45, 2.75) is 6.10 Å². The predicted octanol–water partition coefficient (Wildman–Crippen LogP) is 0.336. The van der Waals surface area contributed by atoms with Gasteiger partial charge in [0.25, 0.3) is 0 Å². The largest absolute Gasteiger partial charge is 0.497 e. The molecule has 0 aromatic heterocycles. The molecule has 3 N–H and O–H groups in total. The lowest BCUT2D eigenvalue weighted by atomic mass is 10.1. The molecule has 0 fully saturated rings. The van der Waals surface area contributed by atoms with Gasteiger partial charge in [0.1, 0.15) is 11.5 Å². The van der Waals surface area contributed by atoms with E-state index >= 15 is 0 Å². The van der Waals surface area contributed by atoms with Crippen molar-refractivity contribution in [3.63, 3.8) is 0 Å². The van der Waals surface area contributed by atoms with E-state index in [0.717, 1.165) is 0 Å². The van der Waals surface area contributed by atoms with E-state index < -0.39 is 6.10 Å². The van der Waals surface area contributed by atoms with E-state index in [1.807, 2.05) is 0 Å². The summed E-state index contributed by atoms with van der Waals surface area (Å²) in [5, 5.41) is 21.8. The quantitative estimate of drug-likeness (QED) is 0.538. The van der Waals surface area contributed by atoms with Gasteiger partial charge in [-0.3, -0.25) is 0 Å². The number of ether oxygens (including phenoxy) is 3. The number of nitrogens with one attached hydrogen (secondary N) is 1. The van der Waals surface area contributed by atoms with Crippen LogP contribution in [0.25, 0.3) is 0 Å². The molecule has 114 valence electrons. The molecule has 0 spiro atoms. The fraction of sp³-hybridized carbons (Fsp3) is 0.571. The van der Waals surface area contributed by atoms with Gasteiger partial charge in [0, 0.05) is 24.7 Å². The summed E-state index contributed by atoms with van der Waals surface area (Å²) in [6.07, 6.45) is -0.673. The Kier molecular flexibility index (Phi) is 7.98. The molecule has 6 nitrogen and oxygen atoms in total. The highest BCUT2D eigenvalue weighted by atomic mass is 16.5. The van der Waals surface area contributed by atoms with Crippen molar-refractivity contribution >= 4 is 0 Å². The molecule has 1 aromatic rings. The normalized spacial score (nSPS) is 12.2. The van der Waals surface area contributed by atoms with Gasteiger partial charge >= 0.3 is 0 Å². The second kappa shape index (κ2) is 9.55. The molecule has 6 heteroatoms. The summed E-state index contributed by atoms with van der Waals surface area (Å²) in [4.78, 5) is 0. The highest BCUT2D eigenvalue weighted by Crippen LogP contribution is 2.29. The van der Waals surface area contributed by atoms with Gasteiger partial charge in [-0.05, 0) is 12.1 Å². The average Bonchev–Trinajstić information content (AvgIpc) is 2.49. The number of aliphatic hydroxyl groups is 2. The Balaban J connectivity index is 2.44. The lowest BCUT2D eigenvalue weighted by Crippen LogP contribution is -2.25. The van der Waals surface area contributed by atoms with E-state index in [1.165, 1.54) is 0 Å². The molecular formula is C14H23NO5. The lowest BCUT2D eigenvalue weighted by molar-refractivity contribution is 0.0909. The highest BCUT2D eigenvalue weighted by Gasteiger charge is 2.13. The maximum atomic E-state index is 10.1. The van der Waals surface area contributed by atoms with Gasteiger partial charge in [-0.25, -0.2) is 0 Å².